The molecule has 0 saturated carbocycles. The molecule has 0 unspecified atom stereocenters. The lowest BCUT2D eigenvalue weighted by atomic mass is 10.1. The van der Waals surface area contributed by atoms with Crippen LogP contribution in [0, 0.1) is 0 Å². The molecule has 33 heavy (non-hydrogen) atoms. The summed E-state index contributed by atoms with van der Waals surface area (Å²) in [5.41, 5.74) is 2.55. The molecule has 6 nitrogen and oxygen atoms in total. The number of nitrogens with one attached hydrogen (secondary N) is 3. The van der Waals surface area contributed by atoms with E-state index in [9.17, 15) is 9.59 Å². The molecular weight excluding hydrogens is 502 g/mol. The molecule has 3 rings (SSSR count). The van der Waals surface area contributed by atoms with E-state index >= 15 is 0 Å². The molecule has 0 aliphatic carbocycles. The fourth-order valence-electron chi connectivity index (χ4n) is 3.03. The largest absolute Gasteiger partial charge is 0.490 e. The van der Waals surface area contributed by atoms with E-state index in [4.69, 9.17) is 17.0 Å². The van der Waals surface area contributed by atoms with Gasteiger partial charge in [0.2, 0.25) is 5.91 Å². The Morgan fingerprint density at radius 2 is 1.64 bits per heavy atom. The second-order valence-electron chi connectivity index (χ2n) is 7.51. The van der Waals surface area contributed by atoms with Gasteiger partial charge in [-0.05, 0) is 68.0 Å². The molecule has 0 radical (unpaired) electrons. The quantitative estimate of drug-likeness (QED) is 0.352. The molecule has 0 atom stereocenters. The van der Waals surface area contributed by atoms with E-state index < -0.39 is 5.91 Å². The average Bonchev–Trinajstić information content (AvgIpc) is 2.75. The van der Waals surface area contributed by atoms with Crippen LogP contribution in [-0.2, 0) is 11.2 Å². The van der Waals surface area contributed by atoms with Gasteiger partial charge in [0.1, 0.15) is 5.75 Å². The highest BCUT2D eigenvalue weighted by Gasteiger charge is 2.16. The Labute approximate surface area is 206 Å². The zero-order chi connectivity index (χ0) is 23.8. The lowest BCUT2D eigenvalue weighted by molar-refractivity contribution is -0.115. The number of carbonyl (C=O) groups excluding carboxylic acids is 2. The molecule has 0 bridgehead atoms. The number of thiocarbonyl (C=S) groups is 1. The standard InChI is InChI=1S/C25H24BrN3O3S/c1-16(2)32-22-12-11-18(26)14-21(22)24(31)29-25(33)28-20-10-6-9-19(15-20)27-23(30)13-17-7-4-3-5-8-17/h3-12,14-16H,13H2,1-2H3,(H,27,30)(H2,28,29,31,33). The lowest BCUT2D eigenvalue weighted by Gasteiger charge is -2.15. The topological polar surface area (TPSA) is 79.5 Å². The molecule has 170 valence electrons. The molecule has 0 aliphatic rings. The maximum absolute atomic E-state index is 12.8. The molecule has 0 fully saturated rings. The Morgan fingerprint density at radius 1 is 0.939 bits per heavy atom. The summed E-state index contributed by atoms with van der Waals surface area (Å²) in [6, 6.07) is 21.8. The van der Waals surface area contributed by atoms with Gasteiger partial charge in [-0.3, -0.25) is 14.9 Å². The predicted molar refractivity (Wildman–Crippen MR) is 139 cm³/mol. The van der Waals surface area contributed by atoms with Crippen molar-refractivity contribution in [1.82, 2.24) is 5.32 Å². The van der Waals surface area contributed by atoms with Crippen LogP contribution in [0.15, 0.2) is 77.3 Å². The van der Waals surface area contributed by atoms with Crippen LogP contribution in [0.3, 0.4) is 0 Å². The Balaban J connectivity index is 1.61. The predicted octanol–water partition coefficient (Wildman–Crippen LogP) is 5.54. The van der Waals surface area contributed by atoms with Gasteiger partial charge >= 0.3 is 0 Å². The van der Waals surface area contributed by atoms with Gasteiger partial charge in [-0.25, -0.2) is 0 Å². The Hall–Kier alpha value is -3.23. The van der Waals surface area contributed by atoms with Gasteiger partial charge in [0, 0.05) is 15.8 Å². The minimum Gasteiger partial charge on any atom is -0.490 e. The van der Waals surface area contributed by atoms with Crippen LogP contribution in [0.1, 0.15) is 29.8 Å². The van der Waals surface area contributed by atoms with Crippen molar-refractivity contribution in [2.75, 3.05) is 10.6 Å². The molecule has 3 aromatic carbocycles. The number of carbonyl (C=O) groups is 2. The van der Waals surface area contributed by atoms with Crippen LogP contribution in [-0.4, -0.2) is 23.0 Å². The zero-order valence-corrected chi connectivity index (χ0v) is 20.6. The summed E-state index contributed by atoms with van der Waals surface area (Å²) in [7, 11) is 0. The van der Waals surface area contributed by atoms with Crippen LogP contribution in [0.2, 0.25) is 0 Å². The third kappa shape index (κ3) is 7.69. The van der Waals surface area contributed by atoms with E-state index in [1.807, 2.05) is 50.2 Å². The van der Waals surface area contributed by atoms with Crippen molar-refractivity contribution in [1.29, 1.82) is 0 Å². The molecule has 3 N–H and O–H groups in total. The fourth-order valence-corrected chi connectivity index (χ4v) is 3.60. The minimum atomic E-state index is -0.392. The lowest BCUT2D eigenvalue weighted by Crippen LogP contribution is -2.34. The van der Waals surface area contributed by atoms with Crippen LogP contribution in [0.4, 0.5) is 11.4 Å². The smallest absolute Gasteiger partial charge is 0.261 e. The highest BCUT2D eigenvalue weighted by atomic mass is 79.9. The highest BCUT2D eigenvalue weighted by molar-refractivity contribution is 9.10. The van der Waals surface area contributed by atoms with Crippen LogP contribution in [0.5, 0.6) is 5.75 Å². The summed E-state index contributed by atoms with van der Waals surface area (Å²) >= 11 is 8.69. The van der Waals surface area contributed by atoms with Crippen molar-refractivity contribution in [3.05, 3.63) is 88.4 Å². The number of rotatable bonds is 7. The maximum atomic E-state index is 12.8. The van der Waals surface area contributed by atoms with Gasteiger partial charge in [-0.15, -0.1) is 0 Å². The molecule has 0 saturated heterocycles. The van der Waals surface area contributed by atoms with Crippen molar-refractivity contribution >= 4 is 56.4 Å². The van der Waals surface area contributed by atoms with E-state index in [-0.39, 0.29) is 23.5 Å². The Bertz CT molecular complexity index is 1150. The highest BCUT2D eigenvalue weighted by Crippen LogP contribution is 2.24. The van der Waals surface area contributed by atoms with Crippen LogP contribution < -0.4 is 20.7 Å². The maximum Gasteiger partial charge on any atom is 0.261 e. The van der Waals surface area contributed by atoms with Gasteiger partial charge in [0.05, 0.1) is 18.1 Å². The molecule has 2 amide bonds. The summed E-state index contributed by atoms with van der Waals surface area (Å²) in [5, 5.41) is 8.65. The van der Waals surface area contributed by atoms with Crippen molar-refractivity contribution in [3.63, 3.8) is 0 Å². The number of benzene rings is 3. The zero-order valence-electron chi connectivity index (χ0n) is 18.2. The number of hydrogen-bond donors (Lipinski definition) is 3. The van der Waals surface area contributed by atoms with Crippen molar-refractivity contribution < 1.29 is 14.3 Å². The fraction of sp³-hybridized carbons (Fsp3) is 0.160. The molecule has 8 heteroatoms. The van der Waals surface area contributed by atoms with E-state index in [0.29, 0.717) is 22.7 Å². The number of hydrogen-bond acceptors (Lipinski definition) is 4. The van der Waals surface area contributed by atoms with E-state index in [0.717, 1.165) is 10.0 Å². The summed E-state index contributed by atoms with van der Waals surface area (Å²) in [4.78, 5) is 25.1. The number of amides is 2. The van der Waals surface area contributed by atoms with Gasteiger partial charge in [0.25, 0.3) is 5.91 Å². The molecule has 0 aliphatic heterocycles. The minimum absolute atomic E-state index is 0.0809. The summed E-state index contributed by atoms with van der Waals surface area (Å²) in [6.45, 7) is 3.78. The number of anilines is 2. The third-order valence-corrected chi connectivity index (χ3v) is 5.09. The molecule has 0 spiro atoms. The van der Waals surface area contributed by atoms with Gasteiger partial charge in [-0.1, -0.05) is 52.3 Å². The normalized spacial score (nSPS) is 10.4. The second-order valence-corrected chi connectivity index (χ2v) is 8.83. The van der Waals surface area contributed by atoms with E-state index in [2.05, 4.69) is 31.9 Å². The summed E-state index contributed by atoms with van der Waals surface area (Å²) in [6.07, 6.45) is 0.197. The Morgan fingerprint density at radius 3 is 2.33 bits per heavy atom. The van der Waals surface area contributed by atoms with Crippen molar-refractivity contribution in [2.24, 2.45) is 0 Å². The second kappa shape index (κ2) is 11.6. The number of halogens is 1. The first-order valence-electron chi connectivity index (χ1n) is 10.3. The van der Waals surface area contributed by atoms with Crippen LogP contribution >= 0.6 is 28.1 Å². The molecular formula is C25H24BrN3O3S. The first-order valence-corrected chi connectivity index (χ1v) is 11.5. The van der Waals surface area contributed by atoms with Crippen LogP contribution in [0.25, 0.3) is 0 Å². The molecule has 0 aromatic heterocycles. The van der Waals surface area contributed by atoms with Gasteiger partial charge in [-0.2, -0.15) is 0 Å². The van der Waals surface area contributed by atoms with Gasteiger partial charge < -0.3 is 15.4 Å². The summed E-state index contributed by atoms with van der Waals surface area (Å²) in [5.74, 6) is -0.0463. The summed E-state index contributed by atoms with van der Waals surface area (Å²) < 4.78 is 6.48. The molecule has 0 heterocycles. The first-order chi connectivity index (χ1) is 15.8. The SMILES string of the molecule is CC(C)Oc1ccc(Br)cc1C(=O)NC(=S)Nc1cccc(NC(=O)Cc2ccccc2)c1. The van der Waals surface area contributed by atoms with E-state index in [1.165, 1.54) is 0 Å². The van der Waals surface area contributed by atoms with Crippen molar-refractivity contribution in [3.8, 4) is 5.75 Å². The monoisotopic (exact) mass is 525 g/mol. The van der Waals surface area contributed by atoms with Crippen molar-refractivity contribution in [2.45, 2.75) is 26.4 Å². The van der Waals surface area contributed by atoms with Gasteiger partial charge in [0.15, 0.2) is 5.11 Å². The number of ether oxygens (including phenoxy) is 1. The van der Waals surface area contributed by atoms with E-state index in [1.54, 1.807) is 36.4 Å². The molecule has 3 aromatic rings. The average molecular weight is 526 g/mol. The third-order valence-electron chi connectivity index (χ3n) is 4.39. The Kier molecular flexibility index (Phi) is 8.57. The first kappa shape index (κ1) is 24.4.